The molecule has 0 fully saturated rings. The van der Waals surface area contributed by atoms with Crippen LogP contribution in [-0.2, 0) is 11.3 Å². The fraction of sp³-hybridized carbons (Fsp3) is 0.381. The number of benzene rings is 2. The summed E-state index contributed by atoms with van der Waals surface area (Å²) in [6.07, 6.45) is 0.511. The van der Waals surface area contributed by atoms with E-state index in [1.165, 1.54) is 0 Å². The van der Waals surface area contributed by atoms with Crippen molar-refractivity contribution >= 4 is 33.2 Å². The number of amides is 1. The van der Waals surface area contributed by atoms with Crippen molar-refractivity contribution in [3.8, 4) is 11.5 Å². The lowest BCUT2D eigenvalue weighted by molar-refractivity contribution is -0.116. The molecule has 0 aromatic heterocycles. The van der Waals surface area contributed by atoms with Gasteiger partial charge in [-0.05, 0) is 48.7 Å². The Morgan fingerprint density at radius 3 is 2.56 bits per heavy atom. The van der Waals surface area contributed by atoms with Gasteiger partial charge in [-0.2, -0.15) is 0 Å². The third-order valence-electron chi connectivity index (χ3n) is 3.86. The van der Waals surface area contributed by atoms with Gasteiger partial charge in [0.15, 0.2) is 11.5 Å². The Morgan fingerprint density at radius 1 is 1.15 bits per heavy atom. The van der Waals surface area contributed by atoms with Gasteiger partial charge in [-0.15, -0.1) is 0 Å². The van der Waals surface area contributed by atoms with E-state index in [-0.39, 0.29) is 5.91 Å². The van der Waals surface area contributed by atoms with Crippen LogP contribution in [-0.4, -0.2) is 19.6 Å². The van der Waals surface area contributed by atoms with Crippen molar-refractivity contribution in [3.63, 3.8) is 0 Å². The van der Waals surface area contributed by atoms with Crippen LogP contribution in [0.2, 0.25) is 0 Å². The minimum absolute atomic E-state index is 0.0291. The first kappa shape index (κ1) is 21.1. The van der Waals surface area contributed by atoms with Crippen LogP contribution >= 0.6 is 15.9 Å². The number of nitrogens with one attached hydrogen (secondary N) is 2. The molecule has 0 unspecified atom stereocenters. The summed E-state index contributed by atoms with van der Waals surface area (Å²) < 4.78 is 12.0. The van der Waals surface area contributed by atoms with Crippen LogP contribution in [0.15, 0.2) is 40.9 Å². The van der Waals surface area contributed by atoms with Crippen LogP contribution in [0, 0.1) is 5.92 Å². The van der Waals surface area contributed by atoms with E-state index in [0.717, 1.165) is 27.2 Å². The molecule has 2 aromatic carbocycles. The lowest BCUT2D eigenvalue weighted by Crippen LogP contribution is -2.13. The number of rotatable bonds is 9. The number of ether oxygens (including phenoxy) is 2. The highest BCUT2D eigenvalue weighted by molar-refractivity contribution is 9.10. The Bertz CT molecular complexity index is 778. The summed E-state index contributed by atoms with van der Waals surface area (Å²) in [5.41, 5.74) is 2.76. The molecule has 1 amide bonds. The van der Waals surface area contributed by atoms with Crippen LogP contribution < -0.4 is 20.1 Å². The van der Waals surface area contributed by atoms with Crippen LogP contribution in [0.5, 0.6) is 11.5 Å². The van der Waals surface area contributed by atoms with Gasteiger partial charge in [0.05, 0.1) is 13.7 Å². The second kappa shape index (κ2) is 10.2. The highest BCUT2D eigenvalue weighted by atomic mass is 79.9. The Labute approximate surface area is 169 Å². The van der Waals surface area contributed by atoms with Crippen molar-refractivity contribution in [2.45, 2.75) is 33.7 Å². The normalized spacial score (nSPS) is 10.6. The van der Waals surface area contributed by atoms with E-state index in [9.17, 15) is 4.79 Å². The second-order valence-corrected chi connectivity index (χ2v) is 7.46. The van der Waals surface area contributed by atoms with Gasteiger partial charge in [-0.1, -0.05) is 35.8 Å². The van der Waals surface area contributed by atoms with E-state index in [1.807, 2.05) is 57.2 Å². The van der Waals surface area contributed by atoms with Crippen molar-refractivity contribution in [2.24, 2.45) is 5.92 Å². The van der Waals surface area contributed by atoms with Gasteiger partial charge in [0, 0.05) is 28.8 Å². The van der Waals surface area contributed by atoms with Crippen molar-refractivity contribution in [1.82, 2.24) is 0 Å². The number of halogens is 1. The van der Waals surface area contributed by atoms with Crippen molar-refractivity contribution < 1.29 is 14.3 Å². The molecule has 146 valence electrons. The predicted molar refractivity (Wildman–Crippen MR) is 114 cm³/mol. The summed E-state index contributed by atoms with van der Waals surface area (Å²) in [4.78, 5) is 12.0. The molecule has 0 aliphatic rings. The van der Waals surface area contributed by atoms with Gasteiger partial charge < -0.3 is 20.1 Å². The minimum Gasteiger partial charge on any atom is -0.493 e. The largest absolute Gasteiger partial charge is 0.493 e. The molecule has 5 nitrogen and oxygen atoms in total. The minimum atomic E-state index is 0.0291. The monoisotopic (exact) mass is 434 g/mol. The quantitative estimate of drug-likeness (QED) is 0.550. The van der Waals surface area contributed by atoms with Crippen LogP contribution in [0.4, 0.5) is 11.4 Å². The number of carbonyl (C=O) groups excluding carboxylic acids is 1. The number of carbonyl (C=O) groups is 1. The maximum Gasteiger partial charge on any atom is 0.224 e. The van der Waals surface area contributed by atoms with Crippen molar-refractivity contribution in [2.75, 3.05) is 24.4 Å². The van der Waals surface area contributed by atoms with Gasteiger partial charge >= 0.3 is 0 Å². The van der Waals surface area contributed by atoms with Crippen LogP contribution in [0.3, 0.4) is 0 Å². The first-order valence-corrected chi connectivity index (χ1v) is 9.85. The number of hydrogen-bond acceptors (Lipinski definition) is 4. The highest BCUT2D eigenvalue weighted by Crippen LogP contribution is 2.34. The van der Waals surface area contributed by atoms with Crippen molar-refractivity contribution in [1.29, 1.82) is 0 Å². The molecule has 6 heteroatoms. The Kier molecular flexibility index (Phi) is 7.98. The van der Waals surface area contributed by atoms with Gasteiger partial charge in [-0.3, -0.25) is 4.79 Å². The van der Waals surface area contributed by atoms with Gasteiger partial charge in [0.1, 0.15) is 0 Å². The summed E-state index contributed by atoms with van der Waals surface area (Å²) in [5.74, 6) is 1.77. The third kappa shape index (κ3) is 6.47. The highest BCUT2D eigenvalue weighted by Gasteiger charge is 2.10. The lowest BCUT2D eigenvalue weighted by atomic mass is 10.1. The second-order valence-electron chi connectivity index (χ2n) is 6.61. The molecule has 0 aliphatic carbocycles. The molecule has 2 rings (SSSR count). The maximum atomic E-state index is 12.0. The summed E-state index contributed by atoms with van der Waals surface area (Å²) >= 11 is 3.58. The molecule has 0 radical (unpaired) electrons. The molecule has 0 saturated heterocycles. The molecule has 0 heterocycles. The zero-order valence-electron chi connectivity index (χ0n) is 16.3. The fourth-order valence-electron chi connectivity index (χ4n) is 2.63. The number of hydrogen-bond donors (Lipinski definition) is 2. The average Bonchev–Trinajstić information content (AvgIpc) is 2.61. The van der Waals surface area contributed by atoms with E-state index >= 15 is 0 Å². The molecule has 0 spiro atoms. The average molecular weight is 435 g/mol. The SMILES string of the molecule is CCOc1cc(CNc2cccc(NC(=O)CC(C)C)c2)c(Br)cc1OC. The van der Waals surface area contributed by atoms with Gasteiger partial charge in [0.2, 0.25) is 5.91 Å². The maximum absolute atomic E-state index is 12.0. The molecule has 2 N–H and O–H groups in total. The molecular weight excluding hydrogens is 408 g/mol. The summed E-state index contributed by atoms with van der Waals surface area (Å²) in [7, 11) is 1.63. The molecule has 27 heavy (non-hydrogen) atoms. The van der Waals surface area contributed by atoms with Crippen molar-refractivity contribution in [3.05, 3.63) is 46.4 Å². The fourth-order valence-corrected chi connectivity index (χ4v) is 3.09. The smallest absolute Gasteiger partial charge is 0.224 e. The van der Waals surface area contributed by atoms with Crippen LogP contribution in [0.25, 0.3) is 0 Å². The van der Waals surface area contributed by atoms with Crippen LogP contribution in [0.1, 0.15) is 32.8 Å². The molecular formula is C21H27BrN2O3. The lowest BCUT2D eigenvalue weighted by Gasteiger charge is -2.15. The van der Waals surface area contributed by atoms with E-state index in [0.29, 0.717) is 31.2 Å². The predicted octanol–water partition coefficient (Wildman–Crippen LogP) is 5.45. The van der Waals surface area contributed by atoms with E-state index in [2.05, 4.69) is 26.6 Å². The van der Waals surface area contributed by atoms with E-state index in [1.54, 1.807) is 7.11 Å². The first-order valence-electron chi connectivity index (χ1n) is 9.06. The van der Waals surface area contributed by atoms with E-state index < -0.39 is 0 Å². The Balaban J connectivity index is 2.07. The number of methoxy groups -OCH3 is 1. The zero-order chi connectivity index (χ0) is 19.8. The first-order chi connectivity index (χ1) is 12.9. The Morgan fingerprint density at radius 2 is 1.89 bits per heavy atom. The third-order valence-corrected chi connectivity index (χ3v) is 4.59. The summed E-state index contributed by atoms with van der Waals surface area (Å²) in [6.45, 7) is 7.18. The van der Waals surface area contributed by atoms with Gasteiger partial charge in [-0.25, -0.2) is 0 Å². The Hall–Kier alpha value is -2.21. The standard InChI is InChI=1S/C21H27BrN2O3/c1-5-27-20-10-15(18(22)12-19(20)26-4)13-23-16-7-6-8-17(11-16)24-21(25)9-14(2)3/h6-8,10-12,14,23H,5,9,13H2,1-4H3,(H,24,25). The molecule has 0 bridgehead atoms. The molecule has 0 aliphatic heterocycles. The molecule has 0 saturated carbocycles. The summed E-state index contributed by atoms with van der Waals surface area (Å²) in [6, 6.07) is 11.6. The molecule has 0 atom stereocenters. The van der Waals surface area contributed by atoms with Gasteiger partial charge in [0.25, 0.3) is 0 Å². The zero-order valence-corrected chi connectivity index (χ0v) is 17.9. The summed E-state index contributed by atoms with van der Waals surface area (Å²) in [5, 5.41) is 6.32. The van der Waals surface area contributed by atoms with E-state index in [4.69, 9.17) is 9.47 Å². The molecule has 2 aromatic rings. The number of anilines is 2. The topological polar surface area (TPSA) is 59.6 Å².